The van der Waals surface area contributed by atoms with E-state index >= 15 is 0 Å². The Morgan fingerprint density at radius 2 is 1.86 bits per heavy atom. The minimum Gasteiger partial charge on any atom is -0.352 e. The summed E-state index contributed by atoms with van der Waals surface area (Å²) in [7, 11) is 0. The van der Waals surface area contributed by atoms with Crippen LogP contribution in [0.1, 0.15) is 65.5 Å². The van der Waals surface area contributed by atoms with E-state index in [0.717, 1.165) is 31.4 Å². The van der Waals surface area contributed by atoms with Gasteiger partial charge in [-0.25, -0.2) is 4.39 Å². The van der Waals surface area contributed by atoms with Gasteiger partial charge in [0.2, 0.25) is 11.8 Å². The van der Waals surface area contributed by atoms with Crippen LogP contribution in [0, 0.1) is 17.2 Å². The second-order valence-electron chi connectivity index (χ2n) is 9.67. The van der Waals surface area contributed by atoms with Gasteiger partial charge >= 0.3 is 0 Å². The van der Waals surface area contributed by atoms with Gasteiger partial charge in [0.15, 0.2) is 0 Å². The summed E-state index contributed by atoms with van der Waals surface area (Å²) in [6, 6.07) is 6.28. The van der Waals surface area contributed by atoms with Crippen molar-refractivity contribution in [2.24, 2.45) is 11.3 Å². The zero-order valence-corrected chi connectivity index (χ0v) is 18.4. The van der Waals surface area contributed by atoms with Crippen molar-refractivity contribution in [3.63, 3.8) is 0 Å². The molecule has 1 aliphatic heterocycles. The molecule has 1 aromatic carbocycles. The third-order valence-electron chi connectivity index (χ3n) is 5.17. The molecule has 0 radical (unpaired) electrons. The maximum atomic E-state index is 13.3. The van der Waals surface area contributed by atoms with Gasteiger partial charge in [0, 0.05) is 18.5 Å². The van der Waals surface area contributed by atoms with E-state index in [4.69, 9.17) is 0 Å². The predicted octanol–water partition coefficient (Wildman–Crippen LogP) is 3.66. The lowest BCUT2D eigenvalue weighted by Crippen LogP contribution is -2.51. The number of hydrogen-bond donors (Lipinski definition) is 2. The Morgan fingerprint density at radius 3 is 2.45 bits per heavy atom. The molecule has 0 saturated carbocycles. The van der Waals surface area contributed by atoms with Crippen LogP contribution in [0.4, 0.5) is 4.39 Å². The lowest BCUT2D eigenvalue weighted by Gasteiger charge is -2.34. The van der Waals surface area contributed by atoms with E-state index < -0.39 is 0 Å². The van der Waals surface area contributed by atoms with Gasteiger partial charge in [-0.05, 0) is 48.9 Å². The zero-order valence-electron chi connectivity index (χ0n) is 18.4. The number of hydrogen-bond acceptors (Lipinski definition) is 3. The normalized spacial score (nSPS) is 19.1. The molecule has 0 aliphatic carbocycles. The second kappa shape index (κ2) is 10.2. The van der Waals surface area contributed by atoms with E-state index in [1.54, 1.807) is 12.1 Å². The zero-order chi connectivity index (χ0) is 21.6. The Kier molecular flexibility index (Phi) is 8.20. The van der Waals surface area contributed by atoms with E-state index in [0.29, 0.717) is 13.1 Å². The molecule has 29 heavy (non-hydrogen) atoms. The second-order valence-corrected chi connectivity index (χ2v) is 9.67. The van der Waals surface area contributed by atoms with Crippen LogP contribution in [-0.4, -0.2) is 42.4 Å². The largest absolute Gasteiger partial charge is 0.352 e. The number of carbonyl (C=O) groups excluding carboxylic acids is 2. The van der Waals surface area contributed by atoms with Crippen LogP contribution in [0.25, 0.3) is 0 Å². The number of halogens is 1. The van der Waals surface area contributed by atoms with E-state index in [1.807, 2.05) is 13.8 Å². The summed E-state index contributed by atoms with van der Waals surface area (Å²) >= 11 is 0. The lowest BCUT2D eigenvalue weighted by atomic mass is 9.85. The first kappa shape index (κ1) is 23.3. The molecule has 2 rings (SSSR count). The van der Waals surface area contributed by atoms with Crippen molar-refractivity contribution >= 4 is 11.8 Å². The van der Waals surface area contributed by atoms with Crippen LogP contribution in [-0.2, 0) is 9.59 Å². The number of nitrogens with one attached hydrogen (secondary N) is 2. The van der Waals surface area contributed by atoms with Crippen molar-refractivity contribution in [3.8, 4) is 0 Å². The van der Waals surface area contributed by atoms with Gasteiger partial charge in [0.1, 0.15) is 5.82 Å². The third-order valence-corrected chi connectivity index (χ3v) is 5.17. The SMILES string of the molecule is CC(C)C(=O)NC1CCCN(CC(=O)NC(CC(C)(C)C)c2ccc(F)cc2)C1. The number of nitrogens with zero attached hydrogens (tertiary/aromatic N) is 1. The van der Waals surface area contributed by atoms with E-state index in [1.165, 1.54) is 12.1 Å². The topological polar surface area (TPSA) is 61.4 Å². The fourth-order valence-corrected chi connectivity index (χ4v) is 3.69. The van der Waals surface area contributed by atoms with Gasteiger partial charge in [-0.3, -0.25) is 14.5 Å². The first-order valence-electron chi connectivity index (χ1n) is 10.6. The monoisotopic (exact) mass is 405 g/mol. The summed E-state index contributed by atoms with van der Waals surface area (Å²) < 4.78 is 13.3. The summed E-state index contributed by atoms with van der Waals surface area (Å²) in [6.45, 7) is 12.0. The first-order chi connectivity index (χ1) is 13.5. The molecule has 1 saturated heterocycles. The molecule has 2 N–H and O–H groups in total. The Hall–Kier alpha value is -1.95. The number of rotatable bonds is 7. The van der Waals surface area contributed by atoms with Crippen molar-refractivity contribution in [1.29, 1.82) is 0 Å². The molecule has 0 aromatic heterocycles. The van der Waals surface area contributed by atoms with Gasteiger partial charge in [-0.2, -0.15) is 0 Å². The summed E-state index contributed by atoms with van der Waals surface area (Å²) in [5, 5.41) is 6.22. The highest BCUT2D eigenvalue weighted by atomic mass is 19.1. The minimum atomic E-state index is -0.280. The van der Waals surface area contributed by atoms with Crippen molar-refractivity contribution in [1.82, 2.24) is 15.5 Å². The average molecular weight is 406 g/mol. The number of benzene rings is 1. The summed E-state index contributed by atoms with van der Waals surface area (Å²) in [6.07, 6.45) is 2.66. The molecule has 0 bridgehead atoms. The molecule has 0 spiro atoms. The maximum Gasteiger partial charge on any atom is 0.234 e. The highest BCUT2D eigenvalue weighted by molar-refractivity contribution is 5.79. The summed E-state index contributed by atoms with van der Waals surface area (Å²) in [5.41, 5.74) is 0.930. The molecular formula is C23H36FN3O2. The summed E-state index contributed by atoms with van der Waals surface area (Å²) in [5.74, 6) is -0.304. The van der Waals surface area contributed by atoms with Crippen LogP contribution < -0.4 is 10.6 Å². The molecule has 2 amide bonds. The van der Waals surface area contributed by atoms with Gasteiger partial charge in [0.05, 0.1) is 12.6 Å². The van der Waals surface area contributed by atoms with Crippen molar-refractivity contribution in [2.75, 3.05) is 19.6 Å². The van der Waals surface area contributed by atoms with Crippen LogP contribution in [0.15, 0.2) is 24.3 Å². The Labute approximate surface area is 174 Å². The molecular weight excluding hydrogens is 369 g/mol. The van der Waals surface area contributed by atoms with Gasteiger partial charge in [-0.15, -0.1) is 0 Å². The molecule has 1 aliphatic rings. The fourth-order valence-electron chi connectivity index (χ4n) is 3.69. The number of carbonyl (C=O) groups is 2. The molecule has 1 aromatic rings. The van der Waals surface area contributed by atoms with Crippen LogP contribution in [0.3, 0.4) is 0 Å². The first-order valence-corrected chi connectivity index (χ1v) is 10.6. The molecule has 5 nitrogen and oxygen atoms in total. The van der Waals surface area contributed by atoms with E-state index in [2.05, 4.69) is 36.3 Å². The van der Waals surface area contributed by atoms with Crippen molar-refractivity contribution in [3.05, 3.63) is 35.6 Å². The molecule has 6 heteroatoms. The van der Waals surface area contributed by atoms with Crippen LogP contribution in [0.2, 0.25) is 0 Å². The average Bonchev–Trinajstić information content (AvgIpc) is 2.60. The number of likely N-dealkylation sites (tertiary alicyclic amines) is 1. The lowest BCUT2D eigenvalue weighted by molar-refractivity contribution is -0.125. The minimum absolute atomic E-state index is 0.0175. The third kappa shape index (κ3) is 8.13. The molecule has 2 unspecified atom stereocenters. The highest BCUT2D eigenvalue weighted by Crippen LogP contribution is 2.29. The van der Waals surface area contributed by atoms with E-state index in [9.17, 15) is 14.0 Å². The maximum absolute atomic E-state index is 13.3. The van der Waals surface area contributed by atoms with E-state index in [-0.39, 0.29) is 41.0 Å². The highest BCUT2D eigenvalue weighted by Gasteiger charge is 2.26. The predicted molar refractivity (Wildman–Crippen MR) is 114 cm³/mol. The van der Waals surface area contributed by atoms with Gasteiger partial charge < -0.3 is 10.6 Å². The Balaban J connectivity index is 1.96. The fraction of sp³-hybridized carbons (Fsp3) is 0.652. The van der Waals surface area contributed by atoms with Gasteiger partial charge in [-0.1, -0.05) is 46.8 Å². The van der Waals surface area contributed by atoms with Crippen LogP contribution in [0.5, 0.6) is 0 Å². The van der Waals surface area contributed by atoms with Crippen molar-refractivity contribution in [2.45, 2.75) is 66.0 Å². The molecule has 162 valence electrons. The summed E-state index contributed by atoms with van der Waals surface area (Å²) in [4.78, 5) is 26.8. The standard InChI is InChI=1S/C23H36FN3O2/c1-16(2)22(29)25-19-7-6-12-27(14-19)15-21(28)26-20(13-23(3,4)5)17-8-10-18(24)11-9-17/h8-11,16,19-20H,6-7,12-15H2,1-5H3,(H,25,29)(H,26,28). The Morgan fingerprint density at radius 1 is 1.21 bits per heavy atom. The Bertz CT molecular complexity index is 682. The van der Waals surface area contributed by atoms with Gasteiger partial charge in [0.25, 0.3) is 0 Å². The molecule has 1 fully saturated rings. The number of amides is 2. The molecule has 1 heterocycles. The smallest absolute Gasteiger partial charge is 0.234 e. The van der Waals surface area contributed by atoms with Crippen molar-refractivity contribution < 1.29 is 14.0 Å². The van der Waals surface area contributed by atoms with Crippen LogP contribution >= 0.6 is 0 Å². The molecule has 2 atom stereocenters. The quantitative estimate of drug-likeness (QED) is 0.728. The number of piperidine rings is 1.